The highest BCUT2D eigenvalue weighted by Crippen LogP contribution is 2.17. The fourth-order valence-corrected chi connectivity index (χ4v) is 2.68. The van der Waals surface area contributed by atoms with Crippen molar-refractivity contribution in [2.45, 2.75) is 6.10 Å². The maximum atomic E-state index is 11.9. The fraction of sp³-hybridized carbons (Fsp3) is 0.0417. The highest BCUT2D eigenvalue weighted by Gasteiger charge is 2.18. The van der Waals surface area contributed by atoms with Gasteiger partial charge in [-0.15, -0.1) is 0 Å². The lowest BCUT2D eigenvalue weighted by atomic mass is 10.0. The zero-order chi connectivity index (χ0) is 18.2. The number of fused-ring (bicyclic) bond motifs is 1. The van der Waals surface area contributed by atoms with Crippen LogP contribution in [-0.2, 0) is 0 Å². The van der Waals surface area contributed by atoms with E-state index in [0.717, 1.165) is 0 Å². The van der Waals surface area contributed by atoms with Crippen molar-refractivity contribution >= 4 is 16.6 Å². The zero-order valence-electron chi connectivity index (χ0n) is 14.3. The monoisotopic (exact) mass is 340 g/mol. The first-order chi connectivity index (χ1) is 12.8. The third-order valence-electron chi connectivity index (χ3n) is 4.08. The summed E-state index contributed by atoms with van der Waals surface area (Å²) in [4.78, 5) is 11.9. The molecule has 1 atom stereocenters. The van der Waals surface area contributed by atoms with Gasteiger partial charge in [0.2, 0.25) is 0 Å². The summed E-state index contributed by atoms with van der Waals surface area (Å²) in [5.41, 5.74) is 1.15. The Kier molecular flexibility index (Phi) is 5.92. The van der Waals surface area contributed by atoms with Crippen LogP contribution >= 0.6 is 0 Å². The molecule has 0 heterocycles. The van der Waals surface area contributed by atoms with E-state index in [1.165, 1.54) is 10.8 Å². The molecule has 128 valence electrons. The predicted octanol–water partition coefficient (Wildman–Crippen LogP) is 5.44. The maximum Gasteiger partial charge on any atom is 0.195 e. The number of hydrogen-bond acceptors (Lipinski definition) is 2. The lowest BCUT2D eigenvalue weighted by Crippen LogP contribution is -2.11. The van der Waals surface area contributed by atoms with Crippen molar-refractivity contribution in [3.63, 3.8) is 0 Å². The van der Waals surface area contributed by atoms with Crippen molar-refractivity contribution < 1.29 is 9.90 Å². The molecule has 0 radical (unpaired) electrons. The molecule has 1 unspecified atom stereocenters. The highest BCUT2D eigenvalue weighted by atomic mass is 16.3. The van der Waals surface area contributed by atoms with Crippen LogP contribution in [-0.4, -0.2) is 10.9 Å². The zero-order valence-corrected chi connectivity index (χ0v) is 14.3. The molecule has 26 heavy (non-hydrogen) atoms. The smallest absolute Gasteiger partial charge is 0.195 e. The molecular weight excluding hydrogens is 320 g/mol. The van der Waals surface area contributed by atoms with Crippen molar-refractivity contribution in [2.24, 2.45) is 0 Å². The average Bonchev–Trinajstić information content (AvgIpc) is 2.74. The Bertz CT molecular complexity index is 897. The number of carbonyl (C=O) groups is 1. The molecule has 0 saturated heterocycles. The van der Waals surface area contributed by atoms with E-state index < -0.39 is 6.10 Å². The maximum absolute atomic E-state index is 11.9. The third kappa shape index (κ3) is 4.44. The molecule has 0 amide bonds. The topological polar surface area (TPSA) is 37.3 Å². The van der Waals surface area contributed by atoms with Gasteiger partial charge >= 0.3 is 0 Å². The van der Waals surface area contributed by atoms with Crippen LogP contribution in [0.1, 0.15) is 22.0 Å². The van der Waals surface area contributed by atoms with Crippen LogP contribution in [0.15, 0.2) is 109 Å². The molecule has 4 aromatic rings. The second-order valence-electron chi connectivity index (χ2n) is 5.89. The molecule has 0 bridgehead atoms. The minimum atomic E-state index is -1.08. The SMILES string of the molecule is O=C(c1ccccc1)C(O)c1ccccc1.c1ccc2ccccc2c1. The standard InChI is InChI=1S/C14H12O2.C10H8/c15-13(11-7-3-1-4-8-11)14(16)12-9-5-2-6-10-12;1-2-6-10-8-4-3-7-9(10)5-1/h1-10,13,15H;1-8H. The van der Waals surface area contributed by atoms with Crippen molar-refractivity contribution in [1.29, 1.82) is 0 Å². The predicted molar refractivity (Wildman–Crippen MR) is 106 cm³/mol. The Balaban J connectivity index is 0.000000167. The van der Waals surface area contributed by atoms with Gasteiger partial charge in [0.05, 0.1) is 0 Å². The number of aliphatic hydroxyl groups is 1. The summed E-state index contributed by atoms with van der Waals surface area (Å²) >= 11 is 0. The summed E-state index contributed by atoms with van der Waals surface area (Å²) < 4.78 is 0. The van der Waals surface area contributed by atoms with E-state index >= 15 is 0 Å². The van der Waals surface area contributed by atoms with Crippen LogP contribution in [0, 0.1) is 0 Å². The van der Waals surface area contributed by atoms with Crippen LogP contribution in [0.3, 0.4) is 0 Å². The molecule has 0 spiro atoms. The van der Waals surface area contributed by atoms with E-state index in [1.54, 1.807) is 48.5 Å². The average molecular weight is 340 g/mol. The molecule has 2 nitrogen and oxygen atoms in total. The van der Waals surface area contributed by atoms with Crippen LogP contribution in [0.4, 0.5) is 0 Å². The third-order valence-corrected chi connectivity index (χ3v) is 4.08. The van der Waals surface area contributed by atoms with E-state index in [4.69, 9.17) is 0 Å². The molecule has 0 aliphatic heterocycles. The lowest BCUT2D eigenvalue weighted by molar-refractivity contribution is 0.0747. The Hall–Kier alpha value is -3.23. The van der Waals surface area contributed by atoms with Crippen molar-refractivity contribution in [3.8, 4) is 0 Å². The minimum absolute atomic E-state index is 0.271. The summed E-state index contributed by atoms with van der Waals surface area (Å²) in [6, 6.07) is 34.5. The first-order valence-corrected chi connectivity index (χ1v) is 8.52. The molecule has 2 heteroatoms. The van der Waals surface area contributed by atoms with Crippen LogP contribution in [0.5, 0.6) is 0 Å². The van der Waals surface area contributed by atoms with E-state index in [1.807, 2.05) is 12.1 Å². The van der Waals surface area contributed by atoms with Gasteiger partial charge < -0.3 is 5.11 Å². The Morgan fingerprint density at radius 3 is 1.42 bits per heavy atom. The number of carbonyl (C=O) groups excluding carboxylic acids is 1. The summed E-state index contributed by atoms with van der Waals surface area (Å²) in [5, 5.41) is 12.5. The fourth-order valence-electron chi connectivity index (χ4n) is 2.68. The highest BCUT2D eigenvalue weighted by molar-refractivity contribution is 5.99. The molecule has 1 N–H and O–H groups in total. The molecule has 4 rings (SSSR count). The largest absolute Gasteiger partial charge is 0.380 e. The summed E-state index contributed by atoms with van der Waals surface area (Å²) in [7, 11) is 0. The first kappa shape index (κ1) is 17.6. The number of aliphatic hydroxyl groups excluding tert-OH is 1. The molecule has 0 aliphatic carbocycles. The van der Waals surface area contributed by atoms with Gasteiger partial charge in [0.1, 0.15) is 6.10 Å². The van der Waals surface area contributed by atoms with Crippen LogP contribution < -0.4 is 0 Å². The summed E-state index contributed by atoms with van der Waals surface area (Å²) in [6.45, 7) is 0. The number of hydrogen-bond donors (Lipinski definition) is 1. The molecule has 0 aliphatic rings. The summed E-state index contributed by atoms with van der Waals surface area (Å²) in [6.07, 6.45) is -1.08. The Labute approximate surface area is 153 Å². The minimum Gasteiger partial charge on any atom is -0.380 e. The van der Waals surface area contributed by atoms with Crippen molar-refractivity contribution in [2.75, 3.05) is 0 Å². The van der Waals surface area contributed by atoms with Gasteiger partial charge in [0, 0.05) is 5.56 Å². The van der Waals surface area contributed by atoms with E-state index in [9.17, 15) is 9.90 Å². The van der Waals surface area contributed by atoms with Crippen LogP contribution in [0.25, 0.3) is 10.8 Å². The van der Waals surface area contributed by atoms with E-state index in [2.05, 4.69) is 48.5 Å². The lowest BCUT2D eigenvalue weighted by Gasteiger charge is -2.09. The molecule has 0 fully saturated rings. The number of rotatable bonds is 3. The number of Topliss-reactive ketones (excluding diaryl/α,β-unsaturated/α-hetero) is 1. The van der Waals surface area contributed by atoms with Crippen molar-refractivity contribution in [3.05, 3.63) is 120 Å². The Morgan fingerprint density at radius 2 is 0.962 bits per heavy atom. The second-order valence-corrected chi connectivity index (χ2v) is 5.89. The normalized spacial score (nSPS) is 11.3. The van der Waals surface area contributed by atoms with E-state index in [-0.39, 0.29) is 5.78 Å². The van der Waals surface area contributed by atoms with Gasteiger partial charge in [-0.25, -0.2) is 0 Å². The van der Waals surface area contributed by atoms with Gasteiger partial charge in [-0.3, -0.25) is 4.79 Å². The molecule has 0 aromatic heterocycles. The van der Waals surface area contributed by atoms with Crippen molar-refractivity contribution in [1.82, 2.24) is 0 Å². The van der Waals surface area contributed by atoms with Gasteiger partial charge in [0.25, 0.3) is 0 Å². The number of ketones is 1. The van der Waals surface area contributed by atoms with Gasteiger partial charge in [-0.1, -0.05) is 109 Å². The van der Waals surface area contributed by atoms with Crippen LogP contribution in [0.2, 0.25) is 0 Å². The van der Waals surface area contributed by atoms with Gasteiger partial charge in [-0.2, -0.15) is 0 Å². The summed E-state index contributed by atoms with van der Waals surface area (Å²) in [5.74, 6) is -0.271. The quantitative estimate of drug-likeness (QED) is 0.504. The van der Waals surface area contributed by atoms with E-state index in [0.29, 0.717) is 11.1 Å². The number of benzene rings is 4. The van der Waals surface area contributed by atoms with Gasteiger partial charge in [0.15, 0.2) is 5.78 Å². The van der Waals surface area contributed by atoms with Gasteiger partial charge in [-0.05, 0) is 16.3 Å². The second kappa shape index (κ2) is 8.75. The first-order valence-electron chi connectivity index (χ1n) is 8.52. The molecular formula is C24H20O2. The molecule has 0 saturated carbocycles. The molecule has 4 aromatic carbocycles. The Morgan fingerprint density at radius 1 is 0.577 bits per heavy atom.